The quantitative estimate of drug-likeness (QED) is 0.634. The number of rotatable bonds is 5. The molecule has 122 valence electrons. The van der Waals surface area contributed by atoms with Crippen molar-refractivity contribution in [2.45, 2.75) is 32.9 Å². The van der Waals surface area contributed by atoms with Gasteiger partial charge in [0.05, 0.1) is 23.5 Å². The van der Waals surface area contributed by atoms with Crippen molar-refractivity contribution in [2.24, 2.45) is 0 Å². The molecule has 0 fully saturated rings. The average Bonchev–Trinajstić information content (AvgIpc) is 2.49. The summed E-state index contributed by atoms with van der Waals surface area (Å²) in [5.41, 5.74) is 10.8. The SMILES string of the molecule is Cc1cc(N)c(NC(c2ccccc2)C(C)NC(=O)O)cc1C. The molecule has 2 unspecified atom stereocenters. The Morgan fingerprint density at radius 1 is 1.13 bits per heavy atom. The van der Waals surface area contributed by atoms with E-state index in [4.69, 9.17) is 10.8 Å². The largest absolute Gasteiger partial charge is 0.465 e. The molecule has 0 aliphatic rings. The smallest absolute Gasteiger partial charge is 0.404 e. The van der Waals surface area contributed by atoms with Gasteiger partial charge in [-0.05, 0) is 49.6 Å². The highest BCUT2D eigenvalue weighted by atomic mass is 16.4. The summed E-state index contributed by atoms with van der Waals surface area (Å²) in [6.45, 7) is 5.87. The molecule has 0 aliphatic carbocycles. The van der Waals surface area contributed by atoms with Gasteiger partial charge in [0, 0.05) is 0 Å². The molecule has 0 heterocycles. The summed E-state index contributed by atoms with van der Waals surface area (Å²) in [5.74, 6) is 0. The van der Waals surface area contributed by atoms with E-state index in [0.29, 0.717) is 5.69 Å². The Labute approximate surface area is 136 Å². The molecule has 1 amide bonds. The van der Waals surface area contributed by atoms with Crippen LogP contribution in [0.2, 0.25) is 0 Å². The second kappa shape index (κ2) is 7.05. The number of amides is 1. The minimum Gasteiger partial charge on any atom is -0.465 e. The maximum absolute atomic E-state index is 11.0. The molecule has 2 atom stereocenters. The number of carbonyl (C=O) groups is 1. The summed E-state index contributed by atoms with van der Waals surface area (Å²) >= 11 is 0. The van der Waals surface area contributed by atoms with E-state index in [2.05, 4.69) is 10.6 Å². The fourth-order valence-corrected chi connectivity index (χ4v) is 2.57. The van der Waals surface area contributed by atoms with Gasteiger partial charge in [0.25, 0.3) is 0 Å². The number of aryl methyl sites for hydroxylation is 2. The number of hydrogen-bond acceptors (Lipinski definition) is 3. The molecule has 0 bridgehead atoms. The minimum absolute atomic E-state index is 0.225. The third kappa shape index (κ3) is 4.16. The molecular formula is C18H23N3O2. The Kier molecular flexibility index (Phi) is 5.11. The van der Waals surface area contributed by atoms with Crippen LogP contribution in [-0.4, -0.2) is 17.2 Å². The van der Waals surface area contributed by atoms with Gasteiger partial charge >= 0.3 is 6.09 Å². The fourth-order valence-electron chi connectivity index (χ4n) is 2.57. The van der Waals surface area contributed by atoms with Crippen LogP contribution in [0.5, 0.6) is 0 Å². The molecule has 5 nitrogen and oxygen atoms in total. The number of carboxylic acid groups (broad SMARTS) is 1. The summed E-state index contributed by atoms with van der Waals surface area (Å²) < 4.78 is 0. The predicted octanol–water partition coefficient (Wildman–Crippen LogP) is 3.69. The molecule has 5 heteroatoms. The maximum atomic E-state index is 11.0. The molecule has 23 heavy (non-hydrogen) atoms. The second-order valence-corrected chi connectivity index (χ2v) is 5.79. The van der Waals surface area contributed by atoms with Gasteiger partial charge in [-0.25, -0.2) is 4.79 Å². The summed E-state index contributed by atoms with van der Waals surface area (Å²) in [5, 5.41) is 14.9. The lowest BCUT2D eigenvalue weighted by atomic mass is 9.99. The standard InChI is InChI=1S/C18H23N3O2/c1-11-9-15(19)16(10-12(11)2)21-17(13(3)20-18(22)23)14-7-5-4-6-8-14/h4-10,13,17,20-21H,19H2,1-3H3,(H,22,23). The number of nitrogens with one attached hydrogen (secondary N) is 2. The predicted molar refractivity (Wildman–Crippen MR) is 93.8 cm³/mol. The van der Waals surface area contributed by atoms with Gasteiger partial charge in [-0.15, -0.1) is 0 Å². The summed E-state index contributed by atoms with van der Waals surface area (Å²) in [7, 11) is 0. The Morgan fingerprint density at radius 3 is 2.35 bits per heavy atom. The molecule has 0 saturated carbocycles. The number of nitrogens with two attached hydrogens (primary N) is 1. The second-order valence-electron chi connectivity index (χ2n) is 5.79. The molecule has 2 aromatic carbocycles. The van der Waals surface area contributed by atoms with Crippen LogP contribution in [0.4, 0.5) is 16.2 Å². The van der Waals surface area contributed by atoms with Gasteiger partial charge in [0.15, 0.2) is 0 Å². The van der Waals surface area contributed by atoms with Gasteiger partial charge in [0.2, 0.25) is 0 Å². The van der Waals surface area contributed by atoms with Crippen molar-refractivity contribution in [3.63, 3.8) is 0 Å². The van der Waals surface area contributed by atoms with Crippen LogP contribution in [0.15, 0.2) is 42.5 Å². The van der Waals surface area contributed by atoms with E-state index in [-0.39, 0.29) is 12.1 Å². The Morgan fingerprint density at radius 2 is 1.74 bits per heavy atom. The van der Waals surface area contributed by atoms with Crippen molar-refractivity contribution < 1.29 is 9.90 Å². The first-order valence-electron chi connectivity index (χ1n) is 7.56. The van der Waals surface area contributed by atoms with E-state index in [9.17, 15) is 4.79 Å². The number of anilines is 2. The Bertz CT molecular complexity index is 686. The van der Waals surface area contributed by atoms with E-state index in [1.165, 1.54) is 0 Å². The van der Waals surface area contributed by atoms with Gasteiger partial charge in [-0.1, -0.05) is 30.3 Å². The van der Waals surface area contributed by atoms with Crippen molar-refractivity contribution in [2.75, 3.05) is 11.1 Å². The Hall–Kier alpha value is -2.69. The topological polar surface area (TPSA) is 87.4 Å². The molecule has 0 aromatic heterocycles. The lowest BCUT2D eigenvalue weighted by molar-refractivity contribution is 0.189. The maximum Gasteiger partial charge on any atom is 0.404 e. The van der Waals surface area contributed by atoms with Crippen molar-refractivity contribution in [1.29, 1.82) is 0 Å². The molecule has 0 spiro atoms. The molecule has 0 radical (unpaired) electrons. The van der Waals surface area contributed by atoms with Crippen molar-refractivity contribution >= 4 is 17.5 Å². The van der Waals surface area contributed by atoms with Crippen LogP contribution >= 0.6 is 0 Å². The highest BCUT2D eigenvalue weighted by molar-refractivity contribution is 5.70. The van der Waals surface area contributed by atoms with E-state index < -0.39 is 6.09 Å². The van der Waals surface area contributed by atoms with Gasteiger partial charge in [-0.3, -0.25) is 0 Å². The Balaban J connectivity index is 2.35. The zero-order valence-corrected chi connectivity index (χ0v) is 13.6. The fraction of sp³-hybridized carbons (Fsp3) is 0.278. The first-order valence-corrected chi connectivity index (χ1v) is 7.56. The molecule has 0 saturated heterocycles. The monoisotopic (exact) mass is 313 g/mol. The van der Waals surface area contributed by atoms with Crippen molar-refractivity contribution in [3.8, 4) is 0 Å². The van der Waals surface area contributed by atoms with Gasteiger partial charge in [-0.2, -0.15) is 0 Å². The third-order valence-corrected chi connectivity index (χ3v) is 3.99. The zero-order valence-electron chi connectivity index (χ0n) is 13.6. The molecule has 2 aromatic rings. The van der Waals surface area contributed by atoms with Crippen LogP contribution in [0.3, 0.4) is 0 Å². The van der Waals surface area contributed by atoms with Crippen LogP contribution in [0.25, 0.3) is 0 Å². The van der Waals surface area contributed by atoms with E-state index in [1.54, 1.807) is 0 Å². The molecule has 2 rings (SSSR count). The average molecular weight is 313 g/mol. The molecule has 0 aliphatic heterocycles. The summed E-state index contributed by atoms with van der Waals surface area (Å²) in [4.78, 5) is 11.0. The lowest BCUT2D eigenvalue weighted by Crippen LogP contribution is -2.39. The number of nitrogen functional groups attached to an aromatic ring is 1. The highest BCUT2D eigenvalue weighted by Gasteiger charge is 2.21. The third-order valence-electron chi connectivity index (χ3n) is 3.99. The van der Waals surface area contributed by atoms with Crippen molar-refractivity contribution in [1.82, 2.24) is 5.32 Å². The zero-order chi connectivity index (χ0) is 17.0. The summed E-state index contributed by atoms with van der Waals surface area (Å²) in [6, 6.07) is 13.1. The van der Waals surface area contributed by atoms with E-state index >= 15 is 0 Å². The van der Waals surface area contributed by atoms with Gasteiger partial charge < -0.3 is 21.5 Å². The highest BCUT2D eigenvalue weighted by Crippen LogP contribution is 2.29. The first kappa shape index (κ1) is 16.7. The van der Waals surface area contributed by atoms with Crippen LogP contribution in [0.1, 0.15) is 29.7 Å². The van der Waals surface area contributed by atoms with Crippen molar-refractivity contribution in [3.05, 3.63) is 59.2 Å². The number of hydrogen-bond donors (Lipinski definition) is 4. The van der Waals surface area contributed by atoms with E-state index in [1.807, 2.05) is 63.2 Å². The normalized spacial score (nSPS) is 13.2. The number of benzene rings is 2. The molecular weight excluding hydrogens is 290 g/mol. The summed E-state index contributed by atoms with van der Waals surface area (Å²) in [6.07, 6.45) is -1.05. The van der Waals surface area contributed by atoms with Gasteiger partial charge in [0.1, 0.15) is 0 Å². The lowest BCUT2D eigenvalue weighted by Gasteiger charge is -2.27. The minimum atomic E-state index is -1.05. The van der Waals surface area contributed by atoms with E-state index in [0.717, 1.165) is 22.4 Å². The van der Waals surface area contributed by atoms with Crippen LogP contribution in [0, 0.1) is 13.8 Å². The first-order chi connectivity index (χ1) is 10.9. The van der Waals surface area contributed by atoms with Crippen LogP contribution in [-0.2, 0) is 0 Å². The van der Waals surface area contributed by atoms with Crippen LogP contribution < -0.4 is 16.4 Å². The molecule has 5 N–H and O–H groups in total.